The lowest BCUT2D eigenvalue weighted by Gasteiger charge is -2.12. The number of amides is 1. The molecule has 3 aromatic carbocycles. The molecule has 5 aromatic rings. The quantitative estimate of drug-likeness (QED) is 0.227. The molecule has 0 aliphatic rings. The smallest absolute Gasteiger partial charge is 0.324 e. The largest absolute Gasteiger partial charge is 0.416 e. The standard InChI is InChI=1S/C27H19ClF3N5OS/c1-36-25(19-14-22(16-7-3-2-4-8-16)32-21-10-6-5-9-18(19)21)34-35-26(36)38-15-24(37)33-23-13-17(27(29,30)31)11-12-20(23)28/h2-14H,15H2,1H3,(H,33,37). The number of anilines is 1. The van der Waals surface area contributed by atoms with Crippen LogP contribution in [0.3, 0.4) is 0 Å². The van der Waals surface area contributed by atoms with Crippen LogP contribution in [0.25, 0.3) is 33.5 Å². The monoisotopic (exact) mass is 553 g/mol. The summed E-state index contributed by atoms with van der Waals surface area (Å²) in [5.74, 6) is -0.0450. The molecule has 0 radical (unpaired) electrons. The number of carbonyl (C=O) groups excluding carboxylic acids is 1. The summed E-state index contributed by atoms with van der Waals surface area (Å²) in [6.07, 6.45) is -4.55. The van der Waals surface area contributed by atoms with Gasteiger partial charge >= 0.3 is 6.18 Å². The molecule has 0 spiro atoms. The predicted molar refractivity (Wildman–Crippen MR) is 143 cm³/mol. The molecule has 0 saturated carbocycles. The number of thioether (sulfide) groups is 1. The van der Waals surface area contributed by atoms with E-state index in [1.54, 1.807) is 11.6 Å². The molecule has 0 aliphatic heterocycles. The van der Waals surface area contributed by atoms with Crippen molar-refractivity contribution in [1.29, 1.82) is 0 Å². The van der Waals surface area contributed by atoms with E-state index in [-0.39, 0.29) is 16.5 Å². The summed E-state index contributed by atoms with van der Waals surface area (Å²) in [5, 5.41) is 12.4. The maximum atomic E-state index is 13.0. The van der Waals surface area contributed by atoms with Crippen LogP contribution in [0, 0.1) is 0 Å². The zero-order chi connectivity index (χ0) is 26.9. The second-order valence-corrected chi connectivity index (χ2v) is 9.68. The second kappa shape index (κ2) is 10.5. The SMILES string of the molecule is Cn1c(SCC(=O)Nc2cc(C(F)(F)F)ccc2Cl)nnc1-c1cc(-c2ccccc2)nc2ccccc12. The van der Waals surface area contributed by atoms with Gasteiger partial charge in [0.25, 0.3) is 0 Å². The Morgan fingerprint density at radius 2 is 1.74 bits per heavy atom. The highest BCUT2D eigenvalue weighted by Gasteiger charge is 2.31. The van der Waals surface area contributed by atoms with Gasteiger partial charge in [-0.05, 0) is 30.3 Å². The van der Waals surface area contributed by atoms with Gasteiger partial charge in [-0.2, -0.15) is 13.2 Å². The highest BCUT2D eigenvalue weighted by molar-refractivity contribution is 7.99. The number of nitrogens with zero attached hydrogens (tertiary/aromatic N) is 4. The summed E-state index contributed by atoms with van der Waals surface area (Å²) >= 11 is 7.10. The Bertz CT molecular complexity index is 1640. The molecule has 1 N–H and O–H groups in total. The molecule has 192 valence electrons. The molecule has 6 nitrogen and oxygen atoms in total. The van der Waals surface area contributed by atoms with Gasteiger partial charge in [0.1, 0.15) is 0 Å². The number of pyridine rings is 1. The first-order valence-electron chi connectivity index (χ1n) is 11.3. The average Bonchev–Trinajstić information content (AvgIpc) is 3.27. The van der Waals surface area contributed by atoms with Gasteiger partial charge in [0.05, 0.1) is 33.2 Å². The van der Waals surface area contributed by atoms with Crippen LogP contribution < -0.4 is 5.32 Å². The molecular formula is C27H19ClF3N5OS. The number of rotatable bonds is 6. The summed E-state index contributed by atoms with van der Waals surface area (Å²) in [6.45, 7) is 0. The lowest BCUT2D eigenvalue weighted by atomic mass is 10.0. The molecule has 0 atom stereocenters. The minimum Gasteiger partial charge on any atom is -0.324 e. The van der Waals surface area contributed by atoms with E-state index in [1.165, 1.54) is 0 Å². The fourth-order valence-electron chi connectivity index (χ4n) is 3.91. The number of carbonyl (C=O) groups is 1. The van der Waals surface area contributed by atoms with Crippen molar-refractivity contribution < 1.29 is 18.0 Å². The zero-order valence-corrected chi connectivity index (χ0v) is 21.4. The molecule has 38 heavy (non-hydrogen) atoms. The highest BCUT2D eigenvalue weighted by Crippen LogP contribution is 2.35. The van der Waals surface area contributed by atoms with Crippen LogP contribution in [0.4, 0.5) is 18.9 Å². The third kappa shape index (κ3) is 5.36. The lowest BCUT2D eigenvalue weighted by molar-refractivity contribution is -0.137. The molecule has 2 aromatic heterocycles. The molecule has 0 unspecified atom stereocenters. The van der Waals surface area contributed by atoms with Crippen LogP contribution >= 0.6 is 23.4 Å². The zero-order valence-electron chi connectivity index (χ0n) is 19.8. The van der Waals surface area contributed by atoms with Gasteiger partial charge in [-0.1, -0.05) is 71.9 Å². The van der Waals surface area contributed by atoms with Crippen LogP contribution in [0.5, 0.6) is 0 Å². The number of hydrogen-bond acceptors (Lipinski definition) is 5. The molecule has 5 rings (SSSR count). The predicted octanol–water partition coefficient (Wildman–Crippen LogP) is 7.10. The van der Waals surface area contributed by atoms with E-state index >= 15 is 0 Å². The summed E-state index contributed by atoms with van der Waals surface area (Å²) in [6, 6.07) is 22.2. The van der Waals surface area contributed by atoms with Gasteiger partial charge in [-0.25, -0.2) is 4.98 Å². The van der Waals surface area contributed by atoms with Crippen molar-refractivity contribution >= 4 is 45.9 Å². The molecule has 0 bridgehead atoms. The Hall–Kier alpha value is -3.89. The van der Waals surface area contributed by atoms with Gasteiger partial charge in [0.2, 0.25) is 5.91 Å². The highest BCUT2D eigenvalue weighted by atomic mass is 35.5. The number of para-hydroxylation sites is 1. The molecular weight excluding hydrogens is 535 g/mol. The number of alkyl halides is 3. The molecule has 0 aliphatic carbocycles. The van der Waals surface area contributed by atoms with E-state index in [1.807, 2.05) is 60.7 Å². The summed E-state index contributed by atoms with van der Waals surface area (Å²) in [5.41, 5.74) is 2.37. The van der Waals surface area contributed by atoms with E-state index in [9.17, 15) is 18.0 Å². The number of fused-ring (bicyclic) bond motifs is 1. The van der Waals surface area contributed by atoms with Gasteiger partial charge < -0.3 is 9.88 Å². The van der Waals surface area contributed by atoms with Gasteiger partial charge in [-0.15, -0.1) is 10.2 Å². The molecule has 2 heterocycles. The summed E-state index contributed by atoms with van der Waals surface area (Å²) in [7, 11) is 1.79. The number of halogens is 4. The fourth-order valence-corrected chi connectivity index (χ4v) is 4.78. The molecule has 11 heteroatoms. The van der Waals surface area contributed by atoms with Crippen LogP contribution in [0.1, 0.15) is 5.56 Å². The first-order chi connectivity index (χ1) is 18.2. The van der Waals surface area contributed by atoms with Crippen molar-refractivity contribution in [1.82, 2.24) is 19.7 Å². The van der Waals surface area contributed by atoms with E-state index in [0.29, 0.717) is 11.0 Å². The third-order valence-corrected chi connectivity index (χ3v) is 7.11. The molecule has 1 amide bonds. The van der Waals surface area contributed by atoms with Gasteiger partial charge in [0, 0.05) is 23.6 Å². The van der Waals surface area contributed by atoms with Gasteiger partial charge in [-0.3, -0.25) is 4.79 Å². The average molecular weight is 554 g/mol. The maximum absolute atomic E-state index is 13.0. The lowest BCUT2D eigenvalue weighted by Crippen LogP contribution is -2.16. The van der Waals surface area contributed by atoms with Crippen LogP contribution in [-0.4, -0.2) is 31.4 Å². The minimum absolute atomic E-state index is 0.0103. The van der Waals surface area contributed by atoms with Crippen LogP contribution in [0.2, 0.25) is 5.02 Å². The van der Waals surface area contributed by atoms with E-state index in [0.717, 1.165) is 57.7 Å². The maximum Gasteiger partial charge on any atom is 0.416 e. The minimum atomic E-state index is -4.55. The Kier molecular flexibility index (Phi) is 7.09. The first-order valence-corrected chi connectivity index (χ1v) is 12.7. The number of nitrogens with one attached hydrogen (secondary N) is 1. The number of hydrogen-bond donors (Lipinski definition) is 1. The van der Waals surface area contributed by atoms with E-state index < -0.39 is 17.6 Å². The van der Waals surface area contributed by atoms with Crippen molar-refractivity contribution in [2.45, 2.75) is 11.3 Å². The van der Waals surface area contributed by atoms with Crippen LogP contribution in [0.15, 0.2) is 84.0 Å². The van der Waals surface area contributed by atoms with Gasteiger partial charge in [0.15, 0.2) is 11.0 Å². The fraction of sp³-hybridized carbons (Fsp3) is 0.111. The molecule has 0 fully saturated rings. The Balaban J connectivity index is 1.39. The summed E-state index contributed by atoms with van der Waals surface area (Å²) in [4.78, 5) is 17.3. The van der Waals surface area contributed by atoms with Crippen molar-refractivity contribution in [3.05, 3.63) is 89.4 Å². The van der Waals surface area contributed by atoms with Crippen molar-refractivity contribution in [3.8, 4) is 22.6 Å². The van der Waals surface area contributed by atoms with Crippen molar-refractivity contribution in [2.24, 2.45) is 7.05 Å². The van der Waals surface area contributed by atoms with E-state index in [2.05, 4.69) is 15.5 Å². The summed E-state index contributed by atoms with van der Waals surface area (Å²) < 4.78 is 40.9. The Labute approximate surface area is 224 Å². The second-order valence-electron chi connectivity index (χ2n) is 8.33. The Morgan fingerprint density at radius 1 is 1.00 bits per heavy atom. The molecule has 0 saturated heterocycles. The van der Waals surface area contributed by atoms with Crippen molar-refractivity contribution in [2.75, 3.05) is 11.1 Å². The first kappa shape index (κ1) is 25.7. The van der Waals surface area contributed by atoms with Crippen molar-refractivity contribution in [3.63, 3.8) is 0 Å². The topological polar surface area (TPSA) is 72.7 Å². The third-order valence-electron chi connectivity index (χ3n) is 5.76. The van der Waals surface area contributed by atoms with E-state index in [4.69, 9.17) is 16.6 Å². The number of aromatic nitrogens is 4. The normalized spacial score (nSPS) is 11.6. The number of benzene rings is 3. The van der Waals surface area contributed by atoms with Crippen LogP contribution in [-0.2, 0) is 18.0 Å². The Morgan fingerprint density at radius 3 is 2.50 bits per heavy atom.